The molecule has 5 nitrogen and oxygen atoms in total. The first-order chi connectivity index (χ1) is 13.4. The maximum atomic E-state index is 14.1. The number of aliphatic carboxylic acids is 1. The van der Waals surface area contributed by atoms with Gasteiger partial charge >= 0.3 is 12.3 Å². The summed E-state index contributed by atoms with van der Waals surface area (Å²) in [5.41, 5.74) is -1.96. The number of halogens is 4. The maximum Gasteiger partial charge on any atom is 0.573 e. The van der Waals surface area contributed by atoms with E-state index < -0.39 is 46.8 Å². The van der Waals surface area contributed by atoms with Gasteiger partial charge in [-0.2, -0.15) is 0 Å². The van der Waals surface area contributed by atoms with Crippen molar-refractivity contribution in [1.82, 2.24) is 5.32 Å². The fourth-order valence-corrected chi connectivity index (χ4v) is 2.83. The van der Waals surface area contributed by atoms with Crippen molar-refractivity contribution >= 4 is 11.9 Å². The lowest BCUT2D eigenvalue weighted by Gasteiger charge is -2.34. The van der Waals surface area contributed by atoms with E-state index in [0.717, 1.165) is 6.07 Å². The number of carboxylic acids is 1. The second-order valence-electron chi connectivity index (χ2n) is 6.74. The molecule has 0 fully saturated rings. The highest BCUT2D eigenvalue weighted by molar-refractivity contribution is 5.98. The SMILES string of the molecule is CC(C)C(Cc1ccccc1)(NC(=O)c1cc(OC(F)(F)F)ccc1F)C(=O)O. The Morgan fingerprint density at radius 2 is 1.72 bits per heavy atom. The smallest absolute Gasteiger partial charge is 0.479 e. The van der Waals surface area contributed by atoms with E-state index in [-0.39, 0.29) is 6.42 Å². The Kier molecular flexibility index (Phi) is 6.51. The predicted molar refractivity (Wildman–Crippen MR) is 95.9 cm³/mol. The quantitative estimate of drug-likeness (QED) is 0.668. The third-order valence-electron chi connectivity index (χ3n) is 4.45. The number of carbonyl (C=O) groups excluding carboxylic acids is 1. The molecule has 0 spiro atoms. The lowest BCUT2D eigenvalue weighted by Crippen LogP contribution is -2.59. The van der Waals surface area contributed by atoms with Crippen LogP contribution in [0.25, 0.3) is 0 Å². The van der Waals surface area contributed by atoms with Gasteiger partial charge in [-0.1, -0.05) is 44.2 Å². The highest BCUT2D eigenvalue weighted by Crippen LogP contribution is 2.27. The number of ether oxygens (including phenoxy) is 1. The molecule has 2 aromatic rings. The molecule has 0 bridgehead atoms. The third-order valence-corrected chi connectivity index (χ3v) is 4.45. The lowest BCUT2D eigenvalue weighted by atomic mass is 9.80. The highest BCUT2D eigenvalue weighted by Gasteiger charge is 2.44. The van der Waals surface area contributed by atoms with Gasteiger partial charge in [0.25, 0.3) is 5.91 Å². The van der Waals surface area contributed by atoms with Crippen molar-refractivity contribution in [3.05, 3.63) is 65.5 Å². The number of amides is 1. The minimum Gasteiger partial charge on any atom is -0.479 e. The molecular weight excluding hydrogens is 394 g/mol. The summed E-state index contributed by atoms with van der Waals surface area (Å²) in [5, 5.41) is 12.2. The topological polar surface area (TPSA) is 75.6 Å². The van der Waals surface area contributed by atoms with Crippen LogP contribution in [0.4, 0.5) is 17.6 Å². The second kappa shape index (κ2) is 8.50. The van der Waals surface area contributed by atoms with Crippen LogP contribution in [0.15, 0.2) is 48.5 Å². The summed E-state index contributed by atoms with van der Waals surface area (Å²) in [6.07, 6.45) is -5.13. The Hall–Kier alpha value is -3.10. The molecule has 156 valence electrons. The molecule has 2 N–H and O–H groups in total. The van der Waals surface area contributed by atoms with E-state index in [1.165, 1.54) is 0 Å². The van der Waals surface area contributed by atoms with Gasteiger partial charge in [-0.25, -0.2) is 9.18 Å². The van der Waals surface area contributed by atoms with Gasteiger partial charge in [-0.15, -0.1) is 13.2 Å². The lowest BCUT2D eigenvalue weighted by molar-refractivity contribution is -0.274. The van der Waals surface area contributed by atoms with Crippen LogP contribution in [-0.2, 0) is 11.2 Å². The van der Waals surface area contributed by atoms with Gasteiger partial charge in [0.2, 0.25) is 0 Å². The van der Waals surface area contributed by atoms with Crippen LogP contribution in [0.5, 0.6) is 5.75 Å². The molecule has 2 rings (SSSR count). The molecule has 0 aliphatic heterocycles. The second-order valence-corrected chi connectivity index (χ2v) is 6.74. The molecule has 0 aliphatic rings. The number of benzene rings is 2. The number of nitrogens with one attached hydrogen (secondary N) is 1. The molecule has 1 unspecified atom stereocenters. The summed E-state index contributed by atoms with van der Waals surface area (Å²) >= 11 is 0. The molecule has 9 heteroatoms. The van der Waals surface area contributed by atoms with Crippen molar-refractivity contribution in [3.63, 3.8) is 0 Å². The van der Waals surface area contributed by atoms with E-state index in [1.807, 2.05) is 0 Å². The first kappa shape index (κ1) is 22.2. The molecule has 0 saturated carbocycles. The van der Waals surface area contributed by atoms with Gasteiger partial charge in [0.05, 0.1) is 5.56 Å². The molecule has 0 heterocycles. The first-order valence-electron chi connectivity index (χ1n) is 8.60. The molecule has 2 aromatic carbocycles. The first-order valence-corrected chi connectivity index (χ1v) is 8.60. The van der Waals surface area contributed by atoms with Gasteiger partial charge in [-0.05, 0) is 29.7 Å². The van der Waals surface area contributed by atoms with E-state index in [2.05, 4.69) is 10.1 Å². The Balaban J connectivity index is 2.39. The molecule has 0 saturated heterocycles. The zero-order valence-corrected chi connectivity index (χ0v) is 15.6. The van der Waals surface area contributed by atoms with Crippen molar-refractivity contribution in [1.29, 1.82) is 0 Å². The molecule has 0 aromatic heterocycles. The van der Waals surface area contributed by atoms with Crippen LogP contribution < -0.4 is 10.1 Å². The Morgan fingerprint density at radius 3 is 2.24 bits per heavy atom. The molecule has 1 amide bonds. The average Bonchev–Trinajstić information content (AvgIpc) is 2.61. The van der Waals surface area contributed by atoms with E-state index in [0.29, 0.717) is 17.7 Å². The Morgan fingerprint density at radius 1 is 1.10 bits per heavy atom. The minimum atomic E-state index is -5.03. The Bertz CT molecular complexity index is 884. The number of hydrogen-bond acceptors (Lipinski definition) is 3. The summed E-state index contributed by atoms with van der Waals surface area (Å²) < 4.78 is 55.0. The van der Waals surface area contributed by atoms with Gasteiger partial charge in [0.15, 0.2) is 0 Å². The molecule has 0 radical (unpaired) electrons. The van der Waals surface area contributed by atoms with Crippen LogP contribution in [0, 0.1) is 11.7 Å². The van der Waals surface area contributed by atoms with E-state index in [9.17, 15) is 32.3 Å². The summed E-state index contributed by atoms with van der Waals surface area (Å²) in [5.74, 6) is -5.05. The normalized spacial score (nSPS) is 13.6. The predicted octanol–water partition coefficient (Wildman–Crippen LogP) is 4.18. The van der Waals surface area contributed by atoms with Crippen LogP contribution in [0.2, 0.25) is 0 Å². The van der Waals surface area contributed by atoms with Crippen LogP contribution in [0.1, 0.15) is 29.8 Å². The van der Waals surface area contributed by atoms with E-state index >= 15 is 0 Å². The molecule has 29 heavy (non-hydrogen) atoms. The van der Waals surface area contributed by atoms with Gasteiger partial charge in [0, 0.05) is 6.42 Å². The number of hydrogen-bond donors (Lipinski definition) is 2. The van der Waals surface area contributed by atoms with E-state index in [1.54, 1.807) is 44.2 Å². The number of carboxylic acid groups (broad SMARTS) is 1. The Labute approximate surface area is 164 Å². The van der Waals surface area contributed by atoms with Crippen molar-refractivity contribution in [3.8, 4) is 5.75 Å². The van der Waals surface area contributed by atoms with Crippen LogP contribution in [-0.4, -0.2) is 28.9 Å². The standard InChI is InChI=1S/C20H19F4NO4/c1-12(2)19(18(27)28,11-13-6-4-3-5-7-13)25-17(26)15-10-14(8-9-16(15)21)29-20(22,23)24/h3-10,12H,11H2,1-2H3,(H,25,26)(H,27,28). The monoisotopic (exact) mass is 413 g/mol. The van der Waals surface area contributed by atoms with Gasteiger partial charge < -0.3 is 15.2 Å². The van der Waals surface area contributed by atoms with Crippen LogP contribution in [0.3, 0.4) is 0 Å². The van der Waals surface area contributed by atoms with E-state index in [4.69, 9.17) is 0 Å². The van der Waals surface area contributed by atoms with Gasteiger partial charge in [0.1, 0.15) is 17.1 Å². The fourth-order valence-electron chi connectivity index (χ4n) is 2.83. The van der Waals surface area contributed by atoms with Crippen molar-refractivity contribution in [2.24, 2.45) is 5.92 Å². The van der Waals surface area contributed by atoms with Gasteiger partial charge in [-0.3, -0.25) is 4.79 Å². The number of rotatable bonds is 7. The maximum absolute atomic E-state index is 14.1. The van der Waals surface area contributed by atoms with Crippen molar-refractivity contribution < 1.29 is 37.0 Å². The van der Waals surface area contributed by atoms with Crippen LogP contribution >= 0.6 is 0 Å². The molecule has 1 atom stereocenters. The molecular formula is C20H19F4NO4. The third kappa shape index (κ3) is 5.46. The fraction of sp³-hybridized carbons (Fsp3) is 0.300. The summed E-state index contributed by atoms with van der Waals surface area (Å²) in [6.45, 7) is 3.13. The zero-order valence-electron chi connectivity index (χ0n) is 15.6. The largest absolute Gasteiger partial charge is 0.573 e. The average molecular weight is 413 g/mol. The summed E-state index contributed by atoms with van der Waals surface area (Å²) in [4.78, 5) is 24.7. The van der Waals surface area contributed by atoms with Crippen molar-refractivity contribution in [2.75, 3.05) is 0 Å². The highest BCUT2D eigenvalue weighted by atomic mass is 19.4. The number of carbonyl (C=O) groups is 2. The summed E-state index contributed by atoms with van der Waals surface area (Å²) in [7, 11) is 0. The number of alkyl halides is 3. The molecule has 0 aliphatic carbocycles. The minimum absolute atomic E-state index is 0.104. The van der Waals surface area contributed by atoms with Crippen molar-refractivity contribution in [2.45, 2.75) is 32.2 Å². The summed E-state index contributed by atoms with van der Waals surface area (Å²) in [6, 6.07) is 10.4. The zero-order chi connectivity index (χ0) is 21.8.